The highest BCUT2D eigenvalue weighted by molar-refractivity contribution is 7.89. The summed E-state index contributed by atoms with van der Waals surface area (Å²) in [6, 6.07) is 17.1. The predicted molar refractivity (Wildman–Crippen MR) is 97.9 cm³/mol. The minimum atomic E-state index is -3.51. The van der Waals surface area contributed by atoms with E-state index in [0.29, 0.717) is 11.4 Å². The average Bonchev–Trinajstić information content (AvgIpc) is 2.55. The Morgan fingerprint density at radius 2 is 1.58 bits per heavy atom. The van der Waals surface area contributed by atoms with Crippen molar-refractivity contribution in [2.45, 2.75) is 32.1 Å². The quantitative estimate of drug-likeness (QED) is 0.827. The zero-order valence-corrected chi connectivity index (χ0v) is 15.2. The lowest BCUT2D eigenvalue weighted by molar-refractivity contribution is 0.367. The van der Waals surface area contributed by atoms with Crippen molar-refractivity contribution >= 4 is 15.6 Å². The van der Waals surface area contributed by atoms with Crippen molar-refractivity contribution in [3.8, 4) is 0 Å². The van der Waals surface area contributed by atoms with Crippen molar-refractivity contribution in [1.29, 1.82) is 0 Å². The number of allylic oxidation sites excluding steroid dienone is 1. The van der Waals surface area contributed by atoms with Gasteiger partial charge in [-0.2, -0.15) is 0 Å². The van der Waals surface area contributed by atoms with Crippen LogP contribution in [0.4, 0.5) is 0 Å². The van der Waals surface area contributed by atoms with Crippen LogP contribution in [0.15, 0.2) is 65.7 Å². The van der Waals surface area contributed by atoms with Crippen LogP contribution in [0.25, 0.3) is 5.57 Å². The highest BCUT2D eigenvalue weighted by Crippen LogP contribution is 2.42. The third-order valence-electron chi connectivity index (χ3n) is 4.67. The minimum absolute atomic E-state index is 0.0549. The molecule has 0 N–H and O–H groups in total. The molecule has 0 unspecified atom stereocenters. The first kappa shape index (κ1) is 16.8. The first-order chi connectivity index (χ1) is 11.3. The lowest BCUT2D eigenvalue weighted by atomic mass is 9.76. The number of sulfonamides is 1. The molecule has 0 radical (unpaired) electrons. The summed E-state index contributed by atoms with van der Waals surface area (Å²) in [5.74, 6) is 0. The van der Waals surface area contributed by atoms with Gasteiger partial charge in [0.25, 0.3) is 10.0 Å². The number of hydrogen-bond acceptors (Lipinski definition) is 2. The van der Waals surface area contributed by atoms with Crippen molar-refractivity contribution in [3.63, 3.8) is 0 Å². The Kier molecular flexibility index (Phi) is 4.26. The largest absolute Gasteiger partial charge is 0.273 e. The molecular formula is C20H23NO2S. The maximum Gasteiger partial charge on any atom is 0.263 e. The maximum atomic E-state index is 13.0. The maximum absolute atomic E-state index is 13.0. The first-order valence-electron chi connectivity index (χ1n) is 8.17. The molecule has 1 heterocycles. The van der Waals surface area contributed by atoms with Gasteiger partial charge >= 0.3 is 0 Å². The first-order valence-corrected chi connectivity index (χ1v) is 9.61. The summed E-state index contributed by atoms with van der Waals surface area (Å²) >= 11 is 0. The molecule has 1 aliphatic heterocycles. The van der Waals surface area contributed by atoms with Gasteiger partial charge in [-0.05, 0) is 42.0 Å². The molecule has 0 saturated carbocycles. The summed E-state index contributed by atoms with van der Waals surface area (Å²) in [7, 11) is -3.51. The van der Waals surface area contributed by atoms with E-state index in [4.69, 9.17) is 0 Å². The number of aryl methyl sites for hydroxylation is 1. The van der Waals surface area contributed by atoms with Crippen LogP contribution in [0.3, 0.4) is 0 Å². The highest BCUT2D eigenvalue weighted by atomic mass is 32.2. The fraction of sp³-hybridized carbons (Fsp3) is 0.300. The number of nitrogens with zero attached hydrogens (tertiary/aromatic N) is 1. The van der Waals surface area contributed by atoms with Gasteiger partial charge in [0.2, 0.25) is 0 Å². The fourth-order valence-electron chi connectivity index (χ4n) is 3.03. The topological polar surface area (TPSA) is 37.4 Å². The molecule has 0 saturated heterocycles. The standard InChI is InChI=1S/C20H23NO2S/c1-16-9-11-18(12-10-16)24(22,23)21-14-13-20(2,3)19(15-21)17-7-5-4-6-8-17/h4-12,15H,13-14H2,1-3H3. The summed E-state index contributed by atoms with van der Waals surface area (Å²) in [4.78, 5) is 0.344. The normalized spacial score (nSPS) is 17.5. The van der Waals surface area contributed by atoms with Crippen LogP contribution in [0, 0.1) is 12.3 Å². The van der Waals surface area contributed by atoms with E-state index in [2.05, 4.69) is 13.8 Å². The highest BCUT2D eigenvalue weighted by Gasteiger charge is 2.34. The van der Waals surface area contributed by atoms with Gasteiger partial charge in [-0.25, -0.2) is 8.42 Å². The molecule has 1 aliphatic rings. The molecule has 0 fully saturated rings. The molecule has 0 spiro atoms. The molecule has 0 aliphatic carbocycles. The predicted octanol–water partition coefficient (Wildman–Crippen LogP) is 4.46. The van der Waals surface area contributed by atoms with Crippen LogP contribution in [-0.4, -0.2) is 19.3 Å². The van der Waals surface area contributed by atoms with Crippen LogP contribution >= 0.6 is 0 Å². The summed E-state index contributed by atoms with van der Waals surface area (Å²) in [6.45, 7) is 6.79. The minimum Gasteiger partial charge on any atom is -0.273 e. The van der Waals surface area contributed by atoms with Crippen LogP contribution < -0.4 is 0 Å². The second kappa shape index (κ2) is 6.10. The van der Waals surface area contributed by atoms with Crippen LogP contribution in [0.5, 0.6) is 0 Å². The van der Waals surface area contributed by atoms with Gasteiger partial charge in [0, 0.05) is 12.7 Å². The number of hydrogen-bond donors (Lipinski definition) is 0. The van der Waals surface area contributed by atoms with Crippen molar-refractivity contribution in [2.24, 2.45) is 5.41 Å². The molecule has 24 heavy (non-hydrogen) atoms. The number of rotatable bonds is 3. The Morgan fingerprint density at radius 1 is 0.958 bits per heavy atom. The molecule has 4 heteroatoms. The van der Waals surface area contributed by atoms with E-state index in [1.165, 1.54) is 4.31 Å². The van der Waals surface area contributed by atoms with Gasteiger partial charge in [-0.15, -0.1) is 0 Å². The fourth-order valence-corrected chi connectivity index (χ4v) is 4.35. The lowest BCUT2D eigenvalue weighted by Crippen LogP contribution is -2.35. The van der Waals surface area contributed by atoms with E-state index in [-0.39, 0.29) is 5.41 Å². The molecule has 0 aromatic heterocycles. The van der Waals surface area contributed by atoms with Gasteiger partial charge in [-0.3, -0.25) is 4.31 Å². The summed E-state index contributed by atoms with van der Waals surface area (Å²) < 4.78 is 27.4. The zero-order valence-electron chi connectivity index (χ0n) is 14.4. The van der Waals surface area contributed by atoms with E-state index in [1.807, 2.05) is 55.6 Å². The van der Waals surface area contributed by atoms with E-state index in [9.17, 15) is 8.42 Å². The molecule has 2 aromatic rings. The summed E-state index contributed by atoms with van der Waals surface area (Å²) in [6.07, 6.45) is 2.60. The van der Waals surface area contributed by atoms with Crippen LogP contribution in [0.2, 0.25) is 0 Å². The molecular weight excluding hydrogens is 318 g/mol. The second-order valence-corrected chi connectivity index (χ2v) is 8.86. The van der Waals surface area contributed by atoms with Gasteiger partial charge in [0.05, 0.1) is 4.90 Å². The third kappa shape index (κ3) is 3.11. The Balaban J connectivity index is 2.04. The van der Waals surface area contributed by atoms with Gasteiger partial charge in [-0.1, -0.05) is 61.9 Å². The Morgan fingerprint density at radius 3 is 2.21 bits per heavy atom. The van der Waals surface area contributed by atoms with E-state index in [0.717, 1.165) is 23.1 Å². The molecule has 126 valence electrons. The average molecular weight is 341 g/mol. The molecule has 3 rings (SSSR count). The molecule has 0 amide bonds. The SMILES string of the molecule is Cc1ccc(S(=O)(=O)N2C=C(c3ccccc3)C(C)(C)CC2)cc1. The molecule has 2 aromatic carbocycles. The van der Waals surface area contributed by atoms with E-state index < -0.39 is 10.0 Å². The van der Waals surface area contributed by atoms with Crippen molar-refractivity contribution < 1.29 is 8.42 Å². The molecule has 3 nitrogen and oxygen atoms in total. The van der Waals surface area contributed by atoms with Crippen molar-refractivity contribution in [1.82, 2.24) is 4.31 Å². The van der Waals surface area contributed by atoms with Crippen LogP contribution in [0.1, 0.15) is 31.4 Å². The lowest BCUT2D eigenvalue weighted by Gasteiger charge is -2.37. The smallest absolute Gasteiger partial charge is 0.263 e. The van der Waals surface area contributed by atoms with Crippen molar-refractivity contribution in [3.05, 3.63) is 71.9 Å². The monoisotopic (exact) mass is 341 g/mol. The molecule has 0 atom stereocenters. The second-order valence-electron chi connectivity index (χ2n) is 6.97. The van der Waals surface area contributed by atoms with Gasteiger partial charge < -0.3 is 0 Å². The Hall–Kier alpha value is -2.07. The molecule has 0 bridgehead atoms. The summed E-state index contributed by atoms with van der Waals surface area (Å²) in [5, 5.41) is 0. The van der Waals surface area contributed by atoms with Gasteiger partial charge in [0.1, 0.15) is 0 Å². The van der Waals surface area contributed by atoms with E-state index in [1.54, 1.807) is 12.1 Å². The van der Waals surface area contributed by atoms with Crippen LogP contribution in [-0.2, 0) is 10.0 Å². The number of benzene rings is 2. The Bertz CT molecular complexity index is 850. The van der Waals surface area contributed by atoms with E-state index >= 15 is 0 Å². The van der Waals surface area contributed by atoms with Gasteiger partial charge in [0.15, 0.2) is 0 Å². The zero-order chi connectivity index (χ0) is 17.4. The van der Waals surface area contributed by atoms with Crippen molar-refractivity contribution in [2.75, 3.05) is 6.54 Å². The third-order valence-corrected chi connectivity index (χ3v) is 6.45. The summed E-state index contributed by atoms with van der Waals surface area (Å²) in [5.41, 5.74) is 3.13. The Labute approximate surface area is 144 Å².